The number of hydrogen-bond acceptors (Lipinski definition) is 3. The van der Waals surface area contributed by atoms with Crippen LogP contribution in [-0.4, -0.2) is 17.8 Å². The molecule has 18 heavy (non-hydrogen) atoms. The van der Waals surface area contributed by atoms with Gasteiger partial charge in [-0.15, -0.1) is 11.3 Å². The summed E-state index contributed by atoms with van der Waals surface area (Å²) in [5.41, 5.74) is 1.57. The van der Waals surface area contributed by atoms with E-state index in [0.29, 0.717) is 18.5 Å². The number of rotatable bonds is 5. The van der Waals surface area contributed by atoms with E-state index in [1.54, 1.807) is 10.4 Å². The fraction of sp³-hybridized carbons (Fsp3) is 0.733. The highest BCUT2D eigenvalue weighted by molar-refractivity contribution is 7.12. The molecule has 3 heteroatoms. The van der Waals surface area contributed by atoms with Gasteiger partial charge in [0.15, 0.2) is 0 Å². The lowest BCUT2D eigenvalue weighted by molar-refractivity contribution is 0.121. The van der Waals surface area contributed by atoms with E-state index in [0.717, 1.165) is 0 Å². The highest BCUT2D eigenvalue weighted by Gasteiger charge is 2.17. The van der Waals surface area contributed by atoms with Gasteiger partial charge in [-0.2, -0.15) is 0 Å². The predicted octanol–water partition coefficient (Wildman–Crippen LogP) is 3.29. The Morgan fingerprint density at radius 2 is 2.00 bits per heavy atom. The number of hydrogen-bond donors (Lipinski definition) is 2. The van der Waals surface area contributed by atoms with E-state index in [1.165, 1.54) is 30.6 Å². The van der Waals surface area contributed by atoms with E-state index in [9.17, 15) is 5.11 Å². The Hall–Kier alpha value is -0.380. The van der Waals surface area contributed by atoms with Crippen LogP contribution < -0.4 is 5.32 Å². The first-order valence-corrected chi connectivity index (χ1v) is 7.92. The molecule has 0 aromatic carbocycles. The molecule has 2 N–H and O–H groups in total. The summed E-state index contributed by atoms with van der Waals surface area (Å²) in [4.78, 5) is 3.02. The third-order valence-electron chi connectivity index (χ3n) is 3.85. The highest BCUT2D eigenvalue weighted by Crippen LogP contribution is 2.32. The Morgan fingerprint density at radius 1 is 1.28 bits per heavy atom. The first kappa shape index (κ1) is 14.0. The summed E-state index contributed by atoms with van der Waals surface area (Å²) in [5, 5.41) is 13.3. The second-order valence-electron chi connectivity index (χ2n) is 5.75. The van der Waals surface area contributed by atoms with Crippen molar-refractivity contribution in [1.82, 2.24) is 5.32 Å². The molecule has 0 spiro atoms. The summed E-state index contributed by atoms with van der Waals surface area (Å²) >= 11 is 1.96. The maximum absolute atomic E-state index is 9.83. The molecule has 1 aromatic rings. The molecule has 2 unspecified atom stereocenters. The Labute approximate surface area is 114 Å². The molecular weight excluding hydrogens is 242 g/mol. The van der Waals surface area contributed by atoms with E-state index in [4.69, 9.17) is 0 Å². The number of aryl methyl sites for hydroxylation is 2. The van der Waals surface area contributed by atoms with Crippen molar-refractivity contribution in [2.45, 2.75) is 58.6 Å². The molecule has 0 fully saturated rings. The molecule has 0 amide bonds. The summed E-state index contributed by atoms with van der Waals surface area (Å²) < 4.78 is 0. The average Bonchev–Trinajstić information content (AvgIpc) is 2.79. The minimum Gasteiger partial charge on any atom is -0.392 e. The van der Waals surface area contributed by atoms with Crippen LogP contribution in [0.25, 0.3) is 0 Å². The van der Waals surface area contributed by atoms with E-state index >= 15 is 0 Å². The molecule has 1 heterocycles. The van der Waals surface area contributed by atoms with E-state index in [-0.39, 0.29) is 6.10 Å². The second kappa shape index (κ2) is 6.18. The molecule has 2 atom stereocenters. The summed E-state index contributed by atoms with van der Waals surface area (Å²) in [6, 6.07) is 2.73. The molecule has 1 aliphatic carbocycles. The minimum absolute atomic E-state index is 0.248. The van der Waals surface area contributed by atoms with Crippen molar-refractivity contribution in [2.75, 3.05) is 6.54 Å². The molecule has 2 nitrogen and oxygen atoms in total. The first-order valence-electron chi connectivity index (χ1n) is 7.11. The lowest BCUT2D eigenvalue weighted by Gasteiger charge is -2.18. The number of aliphatic hydroxyl groups is 1. The van der Waals surface area contributed by atoms with E-state index < -0.39 is 0 Å². The van der Waals surface area contributed by atoms with Crippen LogP contribution in [0.4, 0.5) is 0 Å². The minimum atomic E-state index is -0.248. The fourth-order valence-electron chi connectivity index (χ4n) is 2.36. The Kier molecular flexibility index (Phi) is 4.82. The molecule has 1 aromatic heterocycles. The van der Waals surface area contributed by atoms with E-state index in [1.807, 2.05) is 11.3 Å². The third-order valence-corrected chi connectivity index (χ3v) is 5.26. The summed E-state index contributed by atoms with van der Waals surface area (Å²) in [5.74, 6) is 0.321. The maximum atomic E-state index is 9.83. The predicted molar refractivity (Wildman–Crippen MR) is 78.2 cm³/mol. The van der Waals surface area contributed by atoms with Crippen LogP contribution in [0.15, 0.2) is 6.07 Å². The lowest BCUT2D eigenvalue weighted by atomic mass is 9.99. The van der Waals surface area contributed by atoms with Gasteiger partial charge in [-0.3, -0.25) is 0 Å². The topological polar surface area (TPSA) is 32.3 Å². The first-order chi connectivity index (χ1) is 8.58. The van der Waals surface area contributed by atoms with Crippen molar-refractivity contribution in [2.24, 2.45) is 5.92 Å². The molecular formula is C15H25NOS. The number of nitrogens with one attached hydrogen (secondary N) is 1. The van der Waals surface area contributed by atoms with Gasteiger partial charge in [-0.25, -0.2) is 0 Å². The van der Waals surface area contributed by atoms with E-state index in [2.05, 4.69) is 32.2 Å². The fourth-order valence-corrected chi connectivity index (χ4v) is 3.65. The standard InChI is InChI=1S/C15H25NOS/c1-10(2)13(17)9-16-11(3)15-8-12-6-4-5-7-14(12)18-15/h8,10-11,13,16-17H,4-7,9H2,1-3H3. The van der Waals surface area contributed by atoms with Gasteiger partial charge in [0.1, 0.15) is 0 Å². The SMILES string of the molecule is CC(NCC(O)C(C)C)c1cc2c(s1)CCCC2. The summed E-state index contributed by atoms with van der Waals surface area (Å²) in [6.07, 6.45) is 4.97. The van der Waals surface area contributed by atoms with Crippen molar-refractivity contribution in [3.8, 4) is 0 Å². The summed E-state index contributed by atoms with van der Waals surface area (Å²) in [7, 11) is 0. The lowest BCUT2D eigenvalue weighted by Crippen LogP contribution is -2.31. The van der Waals surface area contributed by atoms with Crippen LogP contribution in [0.2, 0.25) is 0 Å². The smallest absolute Gasteiger partial charge is 0.0687 e. The molecule has 0 bridgehead atoms. The van der Waals surface area contributed by atoms with Gasteiger partial charge in [0.25, 0.3) is 0 Å². The second-order valence-corrected chi connectivity index (χ2v) is 6.91. The van der Waals surface area contributed by atoms with Gasteiger partial charge in [-0.05, 0) is 50.2 Å². The van der Waals surface area contributed by atoms with Gasteiger partial charge in [0, 0.05) is 22.3 Å². The van der Waals surface area contributed by atoms with Crippen molar-refractivity contribution in [1.29, 1.82) is 0 Å². The third kappa shape index (κ3) is 3.34. The van der Waals surface area contributed by atoms with Gasteiger partial charge < -0.3 is 10.4 Å². The Morgan fingerprint density at radius 3 is 2.67 bits per heavy atom. The number of fused-ring (bicyclic) bond motifs is 1. The van der Waals surface area contributed by atoms with Crippen LogP contribution in [0.3, 0.4) is 0 Å². The van der Waals surface area contributed by atoms with Crippen molar-refractivity contribution in [3.05, 3.63) is 21.4 Å². The molecule has 2 rings (SSSR count). The molecule has 0 radical (unpaired) electrons. The van der Waals surface area contributed by atoms with Crippen LogP contribution >= 0.6 is 11.3 Å². The van der Waals surface area contributed by atoms with Crippen molar-refractivity contribution >= 4 is 11.3 Å². The molecule has 102 valence electrons. The van der Waals surface area contributed by atoms with Crippen LogP contribution in [0.1, 0.15) is 55.0 Å². The number of aliphatic hydroxyl groups excluding tert-OH is 1. The largest absolute Gasteiger partial charge is 0.392 e. The molecule has 0 aliphatic heterocycles. The average molecular weight is 267 g/mol. The normalized spacial score (nSPS) is 18.7. The van der Waals surface area contributed by atoms with Crippen molar-refractivity contribution in [3.63, 3.8) is 0 Å². The quantitative estimate of drug-likeness (QED) is 0.858. The Balaban J connectivity index is 1.92. The van der Waals surface area contributed by atoms with Gasteiger partial charge >= 0.3 is 0 Å². The highest BCUT2D eigenvalue weighted by atomic mass is 32.1. The van der Waals surface area contributed by atoms with Crippen LogP contribution in [0, 0.1) is 5.92 Å². The zero-order valence-corrected chi connectivity index (χ0v) is 12.5. The zero-order chi connectivity index (χ0) is 13.1. The Bertz CT molecular complexity index is 362. The molecule has 1 aliphatic rings. The monoisotopic (exact) mass is 267 g/mol. The van der Waals surface area contributed by atoms with Crippen molar-refractivity contribution < 1.29 is 5.11 Å². The molecule has 0 saturated carbocycles. The van der Waals surface area contributed by atoms with Gasteiger partial charge in [0.2, 0.25) is 0 Å². The van der Waals surface area contributed by atoms with Crippen LogP contribution in [-0.2, 0) is 12.8 Å². The summed E-state index contributed by atoms with van der Waals surface area (Å²) in [6.45, 7) is 6.99. The van der Waals surface area contributed by atoms with Gasteiger partial charge in [-0.1, -0.05) is 13.8 Å². The number of thiophene rings is 1. The zero-order valence-electron chi connectivity index (χ0n) is 11.7. The van der Waals surface area contributed by atoms with Gasteiger partial charge in [0.05, 0.1) is 6.10 Å². The maximum Gasteiger partial charge on any atom is 0.0687 e. The van der Waals surface area contributed by atoms with Crippen LogP contribution in [0.5, 0.6) is 0 Å². The molecule has 0 saturated heterocycles.